The van der Waals surface area contributed by atoms with Crippen molar-refractivity contribution in [2.24, 2.45) is 10.8 Å². The van der Waals surface area contributed by atoms with Gasteiger partial charge in [0, 0.05) is 13.1 Å². The van der Waals surface area contributed by atoms with Crippen LogP contribution in [0.25, 0.3) is 0 Å². The molecule has 1 rings (SSSR count). The zero-order chi connectivity index (χ0) is 11.9. The molecule has 86 valence electrons. The number of rotatable bonds is 2. The van der Waals surface area contributed by atoms with Gasteiger partial charge in [-0.25, -0.2) is 0 Å². The van der Waals surface area contributed by atoms with E-state index in [1.807, 2.05) is 0 Å². The normalized spacial score (nSPS) is 20.4. The van der Waals surface area contributed by atoms with Gasteiger partial charge in [-0.2, -0.15) is 0 Å². The predicted molar refractivity (Wildman–Crippen MR) is 56.4 cm³/mol. The highest BCUT2D eigenvalue weighted by atomic mass is 16.4. The fourth-order valence-corrected chi connectivity index (χ4v) is 1.77. The molecule has 4 heteroatoms. The van der Waals surface area contributed by atoms with Gasteiger partial charge < -0.3 is 10.0 Å². The van der Waals surface area contributed by atoms with Crippen molar-refractivity contribution in [3.05, 3.63) is 0 Å². The van der Waals surface area contributed by atoms with Crippen LogP contribution in [0.15, 0.2) is 0 Å². The number of carbonyl (C=O) groups excluding carboxylic acids is 1. The lowest BCUT2D eigenvalue weighted by Crippen LogP contribution is -2.44. The first-order valence-electron chi connectivity index (χ1n) is 5.20. The minimum atomic E-state index is -1.31. The quantitative estimate of drug-likeness (QED) is 0.704. The minimum absolute atomic E-state index is 0.115. The van der Waals surface area contributed by atoms with Gasteiger partial charge in [0.15, 0.2) is 0 Å². The lowest BCUT2D eigenvalue weighted by molar-refractivity contribution is -0.157. The Hall–Kier alpha value is -1.06. The molecule has 0 radical (unpaired) electrons. The summed E-state index contributed by atoms with van der Waals surface area (Å²) in [5.74, 6) is -1.34. The molecule has 0 bridgehead atoms. The third-order valence-electron chi connectivity index (χ3n) is 3.03. The van der Waals surface area contributed by atoms with E-state index < -0.39 is 11.4 Å². The van der Waals surface area contributed by atoms with Crippen molar-refractivity contribution in [2.45, 2.75) is 34.1 Å². The first-order valence-corrected chi connectivity index (χ1v) is 5.20. The molecule has 0 aliphatic carbocycles. The van der Waals surface area contributed by atoms with Crippen LogP contribution in [0.3, 0.4) is 0 Å². The Labute approximate surface area is 90.3 Å². The molecule has 1 saturated heterocycles. The molecule has 0 atom stereocenters. The number of likely N-dealkylation sites (tertiary alicyclic amines) is 1. The van der Waals surface area contributed by atoms with Gasteiger partial charge >= 0.3 is 5.97 Å². The Bertz CT molecular complexity index is 294. The first kappa shape index (κ1) is 12.0. The average Bonchev–Trinajstić information content (AvgIpc) is 2.44. The molecule has 1 aliphatic heterocycles. The number of amides is 1. The zero-order valence-corrected chi connectivity index (χ0v) is 9.83. The molecule has 1 fully saturated rings. The average molecular weight is 213 g/mol. The van der Waals surface area contributed by atoms with E-state index in [0.29, 0.717) is 13.1 Å². The van der Waals surface area contributed by atoms with Gasteiger partial charge in [0.2, 0.25) is 5.91 Å². The zero-order valence-electron chi connectivity index (χ0n) is 9.83. The molecule has 1 N–H and O–H groups in total. The van der Waals surface area contributed by atoms with Crippen molar-refractivity contribution in [1.82, 2.24) is 4.90 Å². The highest BCUT2D eigenvalue weighted by Gasteiger charge is 2.42. The Morgan fingerprint density at radius 3 is 2.20 bits per heavy atom. The summed E-state index contributed by atoms with van der Waals surface area (Å²) in [6, 6.07) is 0. The van der Waals surface area contributed by atoms with Crippen LogP contribution in [0.4, 0.5) is 0 Å². The highest BCUT2D eigenvalue weighted by Crippen LogP contribution is 2.31. The van der Waals surface area contributed by atoms with Gasteiger partial charge in [-0.1, -0.05) is 13.8 Å². The van der Waals surface area contributed by atoms with E-state index in [2.05, 4.69) is 13.8 Å². The lowest BCUT2D eigenvalue weighted by atomic mass is 9.91. The summed E-state index contributed by atoms with van der Waals surface area (Å²) in [6.07, 6.45) is 0.939. The van der Waals surface area contributed by atoms with E-state index in [1.165, 1.54) is 13.8 Å². The van der Waals surface area contributed by atoms with Crippen LogP contribution in [-0.2, 0) is 9.59 Å². The summed E-state index contributed by atoms with van der Waals surface area (Å²) in [4.78, 5) is 24.5. The van der Waals surface area contributed by atoms with Crippen LogP contribution in [-0.4, -0.2) is 35.0 Å². The first-order chi connectivity index (χ1) is 6.67. The van der Waals surface area contributed by atoms with Crippen LogP contribution in [0.1, 0.15) is 34.1 Å². The number of hydrogen-bond acceptors (Lipinski definition) is 2. The molecule has 0 spiro atoms. The van der Waals surface area contributed by atoms with E-state index in [0.717, 1.165) is 6.42 Å². The standard InChI is InChI=1S/C11H19NO3/c1-10(2)5-6-12(7-10)8(13)11(3,4)9(14)15/h5-7H2,1-4H3,(H,14,15). The van der Waals surface area contributed by atoms with Gasteiger partial charge in [0.25, 0.3) is 0 Å². The number of aliphatic carboxylic acids is 1. The molecule has 1 amide bonds. The van der Waals surface area contributed by atoms with E-state index in [4.69, 9.17) is 5.11 Å². The Balaban J connectivity index is 2.75. The third kappa shape index (κ3) is 2.30. The largest absolute Gasteiger partial charge is 0.480 e. The smallest absolute Gasteiger partial charge is 0.318 e. The van der Waals surface area contributed by atoms with Crippen molar-refractivity contribution >= 4 is 11.9 Å². The van der Waals surface area contributed by atoms with Crippen molar-refractivity contribution in [1.29, 1.82) is 0 Å². The fraction of sp³-hybridized carbons (Fsp3) is 0.818. The second-order valence-electron chi connectivity index (χ2n) is 5.57. The summed E-state index contributed by atoms with van der Waals surface area (Å²) < 4.78 is 0. The fourth-order valence-electron chi connectivity index (χ4n) is 1.77. The second-order valence-corrected chi connectivity index (χ2v) is 5.57. The monoisotopic (exact) mass is 213 g/mol. The van der Waals surface area contributed by atoms with E-state index in [-0.39, 0.29) is 11.3 Å². The second kappa shape index (κ2) is 3.51. The van der Waals surface area contributed by atoms with Crippen LogP contribution in [0, 0.1) is 10.8 Å². The SMILES string of the molecule is CC1(C)CCN(C(=O)C(C)(C)C(=O)O)C1. The maximum absolute atomic E-state index is 11.9. The molecule has 15 heavy (non-hydrogen) atoms. The van der Waals surface area contributed by atoms with Crippen LogP contribution in [0.2, 0.25) is 0 Å². The number of carbonyl (C=O) groups is 2. The minimum Gasteiger partial charge on any atom is -0.480 e. The highest BCUT2D eigenvalue weighted by molar-refractivity contribution is 6.01. The lowest BCUT2D eigenvalue weighted by Gasteiger charge is -2.26. The van der Waals surface area contributed by atoms with Gasteiger partial charge in [0.05, 0.1) is 0 Å². The molecule has 0 saturated carbocycles. The topological polar surface area (TPSA) is 57.6 Å². The summed E-state index contributed by atoms with van der Waals surface area (Å²) in [5.41, 5.74) is -1.19. The van der Waals surface area contributed by atoms with E-state index in [9.17, 15) is 9.59 Å². The maximum Gasteiger partial charge on any atom is 0.318 e. The predicted octanol–water partition coefficient (Wildman–Crippen LogP) is 1.36. The van der Waals surface area contributed by atoms with Crippen LogP contribution < -0.4 is 0 Å². The molecule has 0 aromatic heterocycles. The number of nitrogens with zero attached hydrogens (tertiary/aromatic N) is 1. The molecule has 1 heterocycles. The molecular weight excluding hydrogens is 194 g/mol. The van der Waals surface area contributed by atoms with Crippen molar-refractivity contribution in [3.63, 3.8) is 0 Å². The number of carboxylic acid groups (broad SMARTS) is 1. The summed E-state index contributed by atoms with van der Waals surface area (Å²) in [7, 11) is 0. The van der Waals surface area contributed by atoms with Gasteiger partial charge in [-0.3, -0.25) is 9.59 Å². The van der Waals surface area contributed by atoms with E-state index >= 15 is 0 Å². The molecule has 1 aliphatic rings. The third-order valence-corrected chi connectivity index (χ3v) is 3.03. The molecular formula is C11H19NO3. The Morgan fingerprint density at radius 1 is 1.33 bits per heavy atom. The Kier molecular flexibility index (Phi) is 2.81. The number of carboxylic acids is 1. The van der Waals surface area contributed by atoms with Gasteiger partial charge in [0.1, 0.15) is 5.41 Å². The van der Waals surface area contributed by atoms with Crippen molar-refractivity contribution < 1.29 is 14.7 Å². The summed E-state index contributed by atoms with van der Waals surface area (Å²) in [6.45, 7) is 8.43. The van der Waals surface area contributed by atoms with Gasteiger partial charge in [-0.15, -0.1) is 0 Å². The summed E-state index contributed by atoms with van der Waals surface area (Å²) in [5, 5.41) is 8.95. The van der Waals surface area contributed by atoms with Gasteiger partial charge in [-0.05, 0) is 25.7 Å². The molecule has 0 aromatic carbocycles. The molecule has 0 unspecified atom stereocenters. The molecule has 0 aromatic rings. The molecule has 4 nitrogen and oxygen atoms in total. The number of hydrogen-bond donors (Lipinski definition) is 1. The van der Waals surface area contributed by atoms with Crippen LogP contribution >= 0.6 is 0 Å². The maximum atomic E-state index is 11.9. The van der Waals surface area contributed by atoms with Crippen LogP contribution in [0.5, 0.6) is 0 Å². The van der Waals surface area contributed by atoms with Crippen molar-refractivity contribution in [2.75, 3.05) is 13.1 Å². The van der Waals surface area contributed by atoms with Crippen molar-refractivity contribution in [3.8, 4) is 0 Å². The summed E-state index contributed by atoms with van der Waals surface area (Å²) >= 11 is 0. The Morgan fingerprint density at radius 2 is 1.87 bits per heavy atom. The van der Waals surface area contributed by atoms with E-state index in [1.54, 1.807) is 4.90 Å².